The van der Waals surface area contributed by atoms with E-state index < -0.39 is 0 Å². The Balaban J connectivity index is 1.08. The van der Waals surface area contributed by atoms with Crippen molar-refractivity contribution in [2.24, 2.45) is 5.92 Å². The summed E-state index contributed by atoms with van der Waals surface area (Å²) in [4.78, 5) is 5.02. The highest BCUT2D eigenvalue weighted by atomic mass is 19.1. The summed E-state index contributed by atoms with van der Waals surface area (Å²) in [5.74, 6) is 2.55. The Morgan fingerprint density at radius 3 is 2.47 bits per heavy atom. The van der Waals surface area contributed by atoms with Crippen LogP contribution in [0.4, 0.5) is 4.39 Å². The third-order valence-electron chi connectivity index (χ3n) is 7.98. The summed E-state index contributed by atoms with van der Waals surface area (Å²) in [7, 11) is 0. The molecular weight excluding hydrogens is 475 g/mol. The van der Waals surface area contributed by atoms with Gasteiger partial charge < -0.3 is 9.47 Å². The van der Waals surface area contributed by atoms with Crippen molar-refractivity contribution < 1.29 is 13.9 Å². The zero-order chi connectivity index (χ0) is 26.2. The maximum atomic E-state index is 13.3. The summed E-state index contributed by atoms with van der Waals surface area (Å²) < 4.78 is 25.4. The first-order valence-corrected chi connectivity index (χ1v) is 14.3. The second-order valence-corrected chi connectivity index (χ2v) is 10.8. The van der Waals surface area contributed by atoms with E-state index in [4.69, 9.17) is 9.47 Å². The molecule has 202 valence electrons. The molecule has 0 aliphatic carbocycles. The molecule has 5 heteroatoms. The Kier molecular flexibility index (Phi) is 9.32. The molecule has 2 heterocycles. The van der Waals surface area contributed by atoms with Crippen LogP contribution >= 0.6 is 0 Å². The molecule has 5 rings (SSSR count). The molecule has 3 aromatic carbocycles. The molecule has 1 fully saturated rings. The molecule has 0 N–H and O–H groups in total. The SMILES string of the molecule is CCOc1ccccc1CN1CCC(CCOc2ccc3c(c2)CN(Cc2ccc(F)cc2)CCC3)CC1. The molecule has 0 atom stereocenters. The summed E-state index contributed by atoms with van der Waals surface area (Å²) in [5.41, 5.74) is 5.24. The Morgan fingerprint density at radius 1 is 0.842 bits per heavy atom. The van der Waals surface area contributed by atoms with Crippen molar-refractivity contribution in [2.75, 3.05) is 32.8 Å². The Labute approximate surface area is 227 Å². The maximum absolute atomic E-state index is 13.3. The summed E-state index contributed by atoms with van der Waals surface area (Å²) in [5, 5.41) is 0. The fourth-order valence-electron chi connectivity index (χ4n) is 5.83. The molecule has 3 aromatic rings. The van der Waals surface area contributed by atoms with E-state index in [1.165, 1.54) is 29.5 Å². The van der Waals surface area contributed by atoms with Crippen LogP contribution in [0.25, 0.3) is 0 Å². The normalized spacial score (nSPS) is 17.1. The smallest absolute Gasteiger partial charge is 0.123 e. The van der Waals surface area contributed by atoms with Crippen LogP contribution in [0.5, 0.6) is 11.5 Å². The molecule has 2 aliphatic rings. The van der Waals surface area contributed by atoms with Crippen LogP contribution in [-0.4, -0.2) is 42.6 Å². The first kappa shape index (κ1) is 26.7. The fourth-order valence-corrected chi connectivity index (χ4v) is 5.83. The third-order valence-corrected chi connectivity index (χ3v) is 7.98. The maximum Gasteiger partial charge on any atom is 0.123 e. The van der Waals surface area contributed by atoms with E-state index in [2.05, 4.69) is 52.3 Å². The number of para-hydroxylation sites is 1. The van der Waals surface area contributed by atoms with Gasteiger partial charge in [0.15, 0.2) is 0 Å². The van der Waals surface area contributed by atoms with E-state index in [1.807, 2.05) is 19.1 Å². The van der Waals surface area contributed by atoms with Crippen molar-refractivity contribution in [1.82, 2.24) is 9.80 Å². The van der Waals surface area contributed by atoms with E-state index in [0.717, 1.165) is 88.1 Å². The van der Waals surface area contributed by atoms with Crippen molar-refractivity contribution in [3.63, 3.8) is 0 Å². The second-order valence-electron chi connectivity index (χ2n) is 10.8. The number of aryl methyl sites for hydroxylation is 1. The number of hydrogen-bond acceptors (Lipinski definition) is 4. The van der Waals surface area contributed by atoms with Crippen LogP contribution in [0.1, 0.15) is 54.9 Å². The lowest BCUT2D eigenvalue weighted by atomic mass is 9.93. The van der Waals surface area contributed by atoms with Gasteiger partial charge in [0.2, 0.25) is 0 Å². The molecule has 2 aliphatic heterocycles. The molecule has 0 amide bonds. The van der Waals surface area contributed by atoms with Crippen LogP contribution in [0.3, 0.4) is 0 Å². The quantitative estimate of drug-likeness (QED) is 0.294. The summed E-state index contributed by atoms with van der Waals surface area (Å²) in [6.07, 6.45) is 5.80. The topological polar surface area (TPSA) is 24.9 Å². The van der Waals surface area contributed by atoms with E-state index in [-0.39, 0.29) is 5.82 Å². The van der Waals surface area contributed by atoms with Gasteiger partial charge in [0.25, 0.3) is 0 Å². The first-order valence-electron chi connectivity index (χ1n) is 14.3. The highest BCUT2D eigenvalue weighted by Crippen LogP contribution is 2.27. The monoisotopic (exact) mass is 516 g/mol. The molecule has 1 saturated heterocycles. The molecule has 0 bridgehead atoms. The number of benzene rings is 3. The predicted octanol–water partition coefficient (Wildman–Crippen LogP) is 6.85. The van der Waals surface area contributed by atoms with Gasteiger partial charge in [-0.15, -0.1) is 0 Å². The second kappa shape index (κ2) is 13.3. The molecular formula is C33H41FN2O2. The minimum absolute atomic E-state index is 0.175. The van der Waals surface area contributed by atoms with Crippen LogP contribution in [0.15, 0.2) is 66.7 Å². The Bertz CT molecular complexity index is 1160. The minimum atomic E-state index is -0.175. The van der Waals surface area contributed by atoms with Crippen molar-refractivity contribution >= 4 is 0 Å². The zero-order valence-electron chi connectivity index (χ0n) is 22.7. The number of piperidine rings is 1. The average molecular weight is 517 g/mol. The lowest BCUT2D eigenvalue weighted by molar-refractivity contribution is 0.156. The number of likely N-dealkylation sites (tertiary alicyclic amines) is 1. The molecule has 4 nitrogen and oxygen atoms in total. The standard InChI is InChI=1S/C33H41FN2O2/c1-2-37-33-8-4-3-6-29(33)24-35-19-15-26(16-20-35)17-21-38-32-14-11-28-7-5-18-36(25-30(28)22-32)23-27-9-12-31(34)13-10-27/h3-4,6,8-14,22,26H,2,5,7,15-21,23-25H2,1H3. The van der Waals surface area contributed by atoms with Gasteiger partial charge in [-0.2, -0.15) is 0 Å². The number of rotatable bonds is 10. The minimum Gasteiger partial charge on any atom is -0.494 e. The van der Waals surface area contributed by atoms with Crippen molar-refractivity contribution in [1.29, 1.82) is 0 Å². The van der Waals surface area contributed by atoms with Gasteiger partial charge >= 0.3 is 0 Å². The average Bonchev–Trinajstić information content (AvgIpc) is 3.13. The number of fused-ring (bicyclic) bond motifs is 1. The van der Waals surface area contributed by atoms with Crippen molar-refractivity contribution in [2.45, 2.75) is 58.7 Å². The molecule has 0 unspecified atom stereocenters. The molecule has 0 radical (unpaired) electrons. The highest BCUT2D eigenvalue weighted by Gasteiger charge is 2.21. The summed E-state index contributed by atoms with van der Waals surface area (Å²) >= 11 is 0. The summed E-state index contributed by atoms with van der Waals surface area (Å²) in [6, 6.07) is 22.0. The third kappa shape index (κ3) is 7.36. The van der Waals surface area contributed by atoms with Crippen LogP contribution in [-0.2, 0) is 26.1 Å². The van der Waals surface area contributed by atoms with Gasteiger partial charge in [-0.1, -0.05) is 36.4 Å². The number of hydrogen-bond donors (Lipinski definition) is 0. The van der Waals surface area contributed by atoms with Gasteiger partial charge in [-0.05, 0) is 112 Å². The largest absolute Gasteiger partial charge is 0.494 e. The van der Waals surface area contributed by atoms with Crippen molar-refractivity contribution in [3.8, 4) is 11.5 Å². The number of ether oxygens (including phenoxy) is 2. The van der Waals surface area contributed by atoms with Gasteiger partial charge in [0.1, 0.15) is 17.3 Å². The molecule has 0 spiro atoms. The predicted molar refractivity (Wildman–Crippen MR) is 151 cm³/mol. The van der Waals surface area contributed by atoms with Gasteiger partial charge in [0, 0.05) is 25.2 Å². The molecule has 0 aromatic heterocycles. The van der Waals surface area contributed by atoms with Gasteiger partial charge in [-0.3, -0.25) is 9.80 Å². The van der Waals surface area contributed by atoms with E-state index >= 15 is 0 Å². The van der Waals surface area contributed by atoms with Crippen LogP contribution in [0.2, 0.25) is 0 Å². The Hall–Kier alpha value is -2.89. The Morgan fingerprint density at radius 2 is 1.66 bits per heavy atom. The first-order chi connectivity index (χ1) is 18.7. The summed E-state index contributed by atoms with van der Waals surface area (Å²) in [6.45, 7) is 9.57. The van der Waals surface area contributed by atoms with Crippen molar-refractivity contribution in [3.05, 3.63) is 94.8 Å². The van der Waals surface area contributed by atoms with E-state index in [1.54, 1.807) is 12.1 Å². The van der Waals surface area contributed by atoms with E-state index in [0.29, 0.717) is 6.61 Å². The lowest BCUT2D eigenvalue weighted by Gasteiger charge is -2.32. The number of halogens is 1. The highest BCUT2D eigenvalue weighted by molar-refractivity contribution is 5.37. The molecule has 38 heavy (non-hydrogen) atoms. The lowest BCUT2D eigenvalue weighted by Crippen LogP contribution is -2.33. The fraction of sp³-hybridized carbons (Fsp3) is 0.455. The molecule has 0 saturated carbocycles. The van der Waals surface area contributed by atoms with Crippen LogP contribution < -0.4 is 9.47 Å². The van der Waals surface area contributed by atoms with Gasteiger partial charge in [-0.25, -0.2) is 4.39 Å². The van der Waals surface area contributed by atoms with Crippen LogP contribution in [0, 0.1) is 11.7 Å². The van der Waals surface area contributed by atoms with E-state index in [9.17, 15) is 4.39 Å². The van der Waals surface area contributed by atoms with Gasteiger partial charge in [0.05, 0.1) is 13.2 Å². The zero-order valence-corrected chi connectivity index (χ0v) is 22.7. The number of nitrogens with zero attached hydrogens (tertiary/aromatic N) is 2.